The van der Waals surface area contributed by atoms with E-state index in [1.165, 1.54) is 18.4 Å². The van der Waals surface area contributed by atoms with Crippen LogP contribution in [0.3, 0.4) is 0 Å². The van der Waals surface area contributed by atoms with Crippen molar-refractivity contribution in [1.29, 1.82) is 0 Å². The second-order valence-corrected chi connectivity index (χ2v) is 6.23. The molecule has 4 heteroatoms. The average Bonchev–Trinajstić information content (AvgIpc) is 2.93. The summed E-state index contributed by atoms with van der Waals surface area (Å²) in [6.07, 6.45) is 3.79. The summed E-state index contributed by atoms with van der Waals surface area (Å²) in [5.41, 5.74) is 1.39. The molecule has 0 aromatic heterocycles. The second-order valence-electron chi connectivity index (χ2n) is 6.23. The largest absolute Gasteiger partial charge is 0.493 e. The summed E-state index contributed by atoms with van der Waals surface area (Å²) in [5.74, 6) is 2.40. The van der Waals surface area contributed by atoms with Crippen LogP contribution in [0.1, 0.15) is 30.7 Å². The van der Waals surface area contributed by atoms with Crippen molar-refractivity contribution in [3.05, 3.63) is 23.8 Å². The molecule has 0 radical (unpaired) electrons. The smallest absolute Gasteiger partial charge is 0.161 e. The molecule has 1 aromatic rings. The molecule has 0 spiro atoms. The highest BCUT2D eigenvalue weighted by Gasteiger charge is 2.23. The van der Waals surface area contributed by atoms with Gasteiger partial charge < -0.3 is 19.7 Å². The molecule has 116 valence electrons. The van der Waals surface area contributed by atoms with Gasteiger partial charge in [0, 0.05) is 13.1 Å². The van der Waals surface area contributed by atoms with E-state index in [2.05, 4.69) is 35.5 Å². The van der Waals surface area contributed by atoms with Crippen LogP contribution in [0.4, 0.5) is 0 Å². The normalized spacial score (nSPS) is 24.2. The molecule has 21 heavy (non-hydrogen) atoms. The average molecular weight is 290 g/mol. The van der Waals surface area contributed by atoms with Gasteiger partial charge in [0.2, 0.25) is 0 Å². The molecule has 2 fully saturated rings. The molecule has 0 aliphatic carbocycles. The molecule has 2 aliphatic rings. The maximum absolute atomic E-state index is 6.22. The first kappa shape index (κ1) is 14.7. The van der Waals surface area contributed by atoms with Gasteiger partial charge in [-0.05, 0) is 63.0 Å². The monoisotopic (exact) mass is 290 g/mol. The zero-order valence-electron chi connectivity index (χ0n) is 13.1. The third-order valence-corrected chi connectivity index (χ3v) is 4.64. The minimum absolute atomic E-state index is 0.284. The number of benzene rings is 1. The number of nitrogens with one attached hydrogen (secondary N) is 1. The van der Waals surface area contributed by atoms with E-state index in [0.29, 0.717) is 5.92 Å². The third kappa shape index (κ3) is 3.50. The summed E-state index contributed by atoms with van der Waals surface area (Å²) in [6, 6.07) is 6.46. The van der Waals surface area contributed by atoms with Gasteiger partial charge in [0.15, 0.2) is 11.5 Å². The molecular formula is C17H26N2O2. The Bertz CT molecular complexity index is 472. The molecule has 2 aliphatic heterocycles. The van der Waals surface area contributed by atoms with Crippen molar-refractivity contribution in [3.63, 3.8) is 0 Å². The third-order valence-electron chi connectivity index (χ3n) is 4.64. The molecule has 2 saturated heterocycles. The minimum Gasteiger partial charge on any atom is -0.493 e. The molecule has 1 aromatic carbocycles. The van der Waals surface area contributed by atoms with Crippen LogP contribution >= 0.6 is 0 Å². The van der Waals surface area contributed by atoms with Crippen LogP contribution in [0.25, 0.3) is 0 Å². The van der Waals surface area contributed by atoms with Gasteiger partial charge in [0.1, 0.15) is 6.10 Å². The Morgan fingerprint density at radius 2 is 1.95 bits per heavy atom. The van der Waals surface area contributed by atoms with Gasteiger partial charge in [-0.1, -0.05) is 6.07 Å². The Morgan fingerprint density at radius 1 is 1.14 bits per heavy atom. The molecule has 4 nitrogen and oxygen atoms in total. The standard InChI is InChI=1S/C17H26N2O2/c1-19-10-7-15(12-19)21-17-11-14(3-4-16(17)20-2)13-5-8-18-9-6-13/h3-4,11,13,15,18H,5-10,12H2,1-2H3. The van der Waals surface area contributed by atoms with Gasteiger partial charge in [-0.25, -0.2) is 0 Å². The SMILES string of the molecule is COc1ccc(C2CCNCC2)cc1OC1CCN(C)C1. The van der Waals surface area contributed by atoms with E-state index in [4.69, 9.17) is 9.47 Å². The molecular weight excluding hydrogens is 264 g/mol. The van der Waals surface area contributed by atoms with E-state index in [1.54, 1.807) is 7.11 Å². The fourth-order valence-corrected chi connectivity index (χ4v) is 3.36. The highest BCUT2D eigenvalue weighted by molar-refractivity contribution is 5.44. The lowest BCUT2D eigenvalue weighted by atomic mass is 9.90. The van der Waals surface area contributed by atoms with Crippen LogP contribution in [-0.4, -0.2) is 51.3 Å². The summed E-state index contributed by atoms with van der Waals surface area (Å²) in [4.78, 5) is 2.31. The lowest BCUT2D eigenvalue weighted by Crippen LogP contribution is -2.26. The highest BCUT2D eigenvalue weighted by atomic mass is 16.5. The lowest BCUT2D eigenvalue weighted by molar-refractivity contribution is 0.199. The minimum atomic E-state index is 0.284. The van der Waals surface area contributed by atoms with Gasteiger partial charge >= 0.3 is 0 Å². The summed E-state index contributed by atoms with van der Waals surface area (Å²) in [5, 5.41) is 3.42. The van der Waals surface area contributed by atoms with Crippen molar-refractivity contribution >= 4 is 0 Å². The van der Waals surface area contributed by atoms with Crippen molar-refractivity contribution in [2.45, 2.75) is 31.3 Å². The van der Waals surface area contributed by atoms with E-state index < -0.39 is 0 Å². The van der Waals surface area contributed by atoms with Crippen molar-refractivity contribution in [1.82, 2.24) is 10.2 Å². The van der Waals surface area contributed by atoms with E-state index in [9.17, 15) is 0 Å². The molecule has 1 N–H and O–H groups in total. The quantitative estimate of drug-likeness (QED) is 0.922. The Hall–Kier alpha value is -1.26. The van der Waals surface area contributed by atoms with E-state index >= 15 is 0 Å². The number of likely N-dealkylation sites (N-methyl/N-ethyl adjacent to an activating group) is 1. The predicted octanol–water partition coefficient (Wildman–Crippen LogP) is 2.25. The van der Waals surface area contributed by atoms with Crippen molar-refractivity contribution in [2.24, 2.45) is 0 Å². The summed E-state index contributed by atoms with van der Waals surface area (Å²) < 4.78 is 11.7. The summed E-state index contributed by atoms with van der Waals surface area (Å²) in [6.45, 7) is 4.34. The number of ether oxygens (including phenoxy) is 2. The van der Waals surface area contributed by atoms with Crippen LogP contribution in [0.2, 0.25) is 0 Å². The fourth-order valence-electron chi connectivity index (χ4n) is 3.36. The molecule has 0 amide bonds. The van der Waals surface area contributed by atoms with Crippen molar-refractivity contribution in [2.75, 3.05) is 40.3 Å². The van der Waals surface area contributed by atoms with E-state index in [1.807, 2.05) is 0 Å². The van der Waals surface area contributed by atoms with Crippen LogP contribution in [-0.2, 0) is 0 Å². The number of methoxy groups -OCH3 is 1. The Labute approximate surface area is 127 Å². The number of rotatable bonds is 4. The molecule has 1 atom stereocenters. The second kappa shape index (κ2) is 6.67. The van der Waals surface area contributed by atoms with Crippen LogP contribution in [0, 0.1) is 0 Å². The molecule has 3 rings (SSSR count). The van der Waals surface area contributed by atoms with Crippen LogP contribution in [0.5, 0.6) is 11.5 Å². The molecule has 1 unspecified atom stereocenters. The van der Waals surface area contributed by atoms with E-state index in [0.717, 1.165) is 44.1 Å². The lowest BCUT2D eigenvalue weighted by Gasteiger charge is -2.24. The Morgan fingerprint density at radius 3 is 2.62 bits per heavy atom. The molecule has 2 heterocycles. The van der Waals surface area contributed by atoms with Gasteiger partial charge in [0.25, 0.3) is 0 Å². The van der Waals surface area contributed by atoms with E-state index in [-0.39, 0.29) is 6.10 Å². The predicted molar refractivity (Wildman–Crippen MR) is 84.4 cm³/mol. The van der Waals surface area contributed by atoms with Crippen molar-refractivity contribution < 1.29 is 9.47 Å². The Balaban J connectivity index is 1.76. The van der Waals surface area contributed by atoms with Crippen LogP contribution in [0.15, 0.2) is 18.2 Å². The number of hydrogen-bond donors (Lipinski definition) is 1. The zero-order valence-corrected chi connectivity index (χ0v) is 13.1. The number of likely N-dealkylation sites (tertiary alicyclic amines) is 1. The first-order chi connectivity index (χ1) is 10.3. The van der Waals surface area contributed by atoms with Gasteiger partial charge in [-0.3, -0.25) is 0 Å². The van der Waals surface area contributed by atoms with Gasteiger partial charge in [-0.2, -0.15) is 0 Å². The highest BCUT2D eigenvalue weighted by Crippen LogP contribution is 2.35. The Kier molecular flexibility index (Phi) is 4.66. The first-order valence-corrected chi connectivity index (χ1v) is 8.00. The summed E-state index contributed by atoms with van der Waals surface area (Å²) in [7, 11) is 3.86. The molecule has 0 bridgehead atoms. The first-order valence-electron chi connectivity index (χ1n) is 8.00. The zero-order chi connectivity index (χ0) is 14.7. The van der Waals surface area contributed by atoms with Crippen molar-refractivity contribution in [3.8, 4) is 11.5 Å². The fraction of sp³-hybridized carbons (Fsp3) is 0.647. The number of nitrogens with zero attached hydrogens (tertiary/aromatic N) is 1. The maximum atomic E-state index is 6.22. The summed E-state index contributed by atoms with van der Waals surface area (Å²) >= 11 is 0. The molecule has 0 saturated carbocycles. The topological polar surface area (TPSA) is 33.7 Å². The number of piperidine rings is 1. The van der Waals surface area contributed by atoms with Crippen LogP contribution < -0.4 is 14.8 Å². The van der Waals surface area contributed by atoms with Gasteiger partial charge in [-0.15, -0.1) is 0 Å². The maximum Gasteiger partial charge on any atom is 0.161 e. The van der Waals surface area contributed by atoms with Gasteiger partial charge in [0.05, 0.1) is 7.11 Å². The number of hydrogen-bond acceptors (Lipinski definition) is 4.